The van der Waals surface area contributed by atoms with Crippen molar-refractivity contribution in [3.8, 4) is 0 Å². The van der Waals surface area contributed by atoms with Gasteiger partial charge in [-0.3, -0.25) is 0 Å². The molecule has 2 heterocycles. The first-order chi connectivity index (χ1) is 8.24. The summed E-state index contributed by atoms with van der Waals surface area (Å²) in [6.45, 7) is 3.17. The topological polar surface area (TPSA) is 37.8 Å². The lowest BCUT2D eigenvalue weighted by atomic mass is 10.1. The molecule has 88 valence electrons. The molecule has 1 aromatic heterocycles. The number of hydrogen-bond donors (Lipinski definition) is 1. The van der Waals surface area contributed by atoms with E-state index in [1.165, 1.54) is 17.4 Å². The summed E-state index contributed by atoms with van der Waals surface area (Å²) >= 11 is 3.40. The molecule has 0 aliphatic carbocycles. The van der Waals surface area contributed by atoms with Crippen molar-refractivity contribution >= 4 is 26.8 Å². The van der Waals surface area contributed by atoms with Crippen molar-refractivity contribution in [2.75, 3.05) is 6.54 Å². The number of hydrogen-bond acceptors (Lipinski definition) is 3. The van der Waals surface area contributed by atoms with Crippen LogP contribution in [0.3, 0.4) is 0 Å². The third-order valence-corrected chi connectivity index (χ3v) is 3.60. The molecular formula is C13H14BrN3. The van der Waals surface area contributed by atoms with Crippen LogP contribution >= 0.6 is 15.9 Å². The molecule has 3 rings (SSSR count). The molecule has 1 N–H and O–H groups in total. The standard InChI is InChI=1S/C13H14BrN3/c1-8-4-5-9-11(7-8)16-13(14)17-12(9)10-3-2-6-15-10/h4-5,7,10,15H,2-3,6H2,1H3. The average molecular weight is 292 g/mol. The molecule has 1 fully saturated rings. The molecule has 1 unspecified atom stereocenters. The number of rotatable bonds is 1. The van der Waals surface area contributed by atoms with E-state index < -0.39 is 0 Å². The largest absolute Gasteiger partial charge is 0.309 e. The smallest absolute Gasteiger partial charge is 0.197 e. The monoisotopic (exact) mass is 291 g/mol. The Hall–Kier alpha value is -1.00. The molecule has 1 atom stereocenters. The zero-order chi connectivity index (χ0) is 11.8. The highest BCUT2D eigenvalue weighted by molar-refractivity contribution is 9.10. The molecule has 0 bridgehead atoms. The van der Waals surface area contributed by atoms with E-state index in [2.05, 4.69) is 56.3 Å². The van der Waals surface area contributed by atoms with Gasteiger partial charge in [-0.2, -0.15) is 0 Å². The van der Waals surface area contributed by atoms with Crippen molar-refractivity contribution in [1.82, 2.24) is 15.3 Å². The molecule has 0 radical (unpaired) electrons. The van der Waals surface area contributed by atoms with Gasteiger partial charge in [0.15, 0.2) is 4.73 Å². The molecule has 0 amide bonds. The van der Waals surface area contributed by atoms with Gasteiger partial charge < -0.3 is 5.32 Å². The Morgan fingerprint density at radius 1 is 1.35 bits per heavy atom. The van der Waals surface area contributed by atoms with Gasteiger partial charge in [0, 0.05) is 5.39 Å². The number of halogens is 1. The second kappa shape index (κ2) is 4.35. The molecule has 2 aromatic rings. The first kappa shape index (κ1) is 11.1. The fourth-order valence-electron chi connectivity index (χ4n) is 2.42. The minimum atomic E-state index is 0.375. The Morgan fingerprint density at radius 2 is 2.24 bits per heavy atom. The Morgan fingerprint density at radius 3 is 3.00 bits per heavy atom. The molecular weight excluding hydrogens is 278 g/mol. The van der Waals surface area contributed by atoms with E-state index in [0.29, 0.717) is 10.8 Å². The highest BCUT2D eigenvalue weighted by Crippen LogP contribution is 2.28. The lowest BCUT2D eigenvalue weighted by Crippen LogP contribution is -2.15. The van der Waals surface area contributed by atoms with E-state index in [-0.39, 0.29) is 0 Å². The van der Waals surface area contributed by atoms with Crippen molar-refractivity contribution < 1.29 is 0 Å². The molecule has 1 aromatic carbocycles. The van der Waals surface area contributed by atoms with Crippen LogP contribution in [0.5, 0.6) is 0 Å². The number of nitrogens with one attached hydrogen (secondary N) is 1. The molecule has 3 nitrogen and oxygen atoms in total. The quantitative estimate of drug-likeness (QED) is 0.821. The lowest BCUT2D eigenvalue weighted by molar-refractivity contribution is 0.630. The van der Waals surface area contributed by atoms with Gasteiger partial charge in [-0.25, -0.2) is 9.97 Å². The zero-order valence-electron chi connectivity index (χ0n) is 9.70. The highest BCUT2D eigenvalue weighted by Gasteiger charge is 2.20. The van der Waals surface area contributed by atoms with Gasteiger partial charge in [0.25, 0.3) is 0 Å². The first-order valence-corrected chi connectivity index (χ1v) is 6.70. The summed E-state index contributed by atoms with van der Waals surface area (Å²) in [5, 5.41) is 4.66. The molecule has 0 spiro atoms. The van der Waals surface area contributed by atoms with Gasteiger partial charge in [-0.15, -0.1) is 0 Å². The van der Waals surface area contributed by atoms with Gasteiger partial charge in [-0.05, 0) is 53.9 Å². The summed E-state index contributed by atoms with van der Waals surface area (Å²) in [5.74, 6) is 0. The van der Waals surface area contributed by atoms with E-state index >= 15 is 0 Å². The number of aryl methyl sites for hydroxylation is 1. The SMILES string of the molecule is Cc1ccc2c(C3CCCN3)nc(Br)nc2c1. The first-order valence-electron chi connectivity index (χ1n) is 5.91. The maximum absolute atomic E-state index is 4.56. The maximum atomic E-state index is 4.56. The van der Waals surface area contributed by atoms with Gasteiger partial charge in [0.2, 0.25) is 0 Å². The van der Waals surface area contributed by atoms with Crippen molar-refractivity contribution in [3.05, 3.63) is 34.2 Å². The molecule has 4 heteroatoms. The minimum Gasteiger partial charge on any atom is -0.309 e. The van der Waals surface area contributed by atoms with Gasteiger partial charge >= 0.3 is 0 Å². The summed E-state index contributed by atoms with van der Waals surface area (Å²) < 4.78 is 0.680. The predicted molar refractivity (Wildman–Crippen MR) is 72.0 cm³/mol. The maximum Gasteiger partial charge on any atom is 0.197 e. The van der Waals surface area contributed by atoms with E-state index in [1.807, 2.05) is 0 Å². The zero-order valence-corrected chi connectivity index (χ0v) is 11.3. The second-order valence-corrected chi connectivity index (χ2v) is 5.26. The fourth-order valence-corrected chi connectivity index (χ4v) is 2.80. The Kier molecular flexibility index (Phi) is 2.84. The number of benzene rings is 1. The van der Waals surface area contributed by atoms with Crippen LogP contribution < -0.4 is 5.32 Å². The van der Waals surface area contributed by atoms with E-state index in [9.17, 15) is 0 Å². The van der Waals surface area contributed by atoms with Crippen molar-refractivity contribution in [3.63, 3.8) is 0 Å². The van der Waals surface area contributed by atoms with Crippen LogP contribution in [0, 0.1) is 6.92 Å². The third kappa shape index (κ3) is 2.07. The summed E-state index contributed by atoms with van der Waals surface area (Å²) in [4.78, 5) is 9.00. The van der Waals surface area contributed by atoms with Crippen molar-refractivity contribution in [2.45, 2.75) is 25.8 Å². The minimum absolute atomic E-state index is 0.375. The fraction of sp³-hybridized carbons (Fsp3) is 0.385. The van der Waals surface area contributed by atoms with Crippen LogP contribution in [-0.2, 0) is 0 Å². The van der Waals surface area contributed by atoms with Crippen molar-refractivity contribution in [1.29, 1.82) is 0 Å². The second-order valence-electron chi connectivity index (χ2n) is 4.55. The summed E-state index contributed by atoms with van der Waals surface area (Å²) in [6.07, 6.45) is 2.38. The molecule has 1 saturated heterocycles. The van der Waals surface area contributed by atoms with Crippen molar-refractivity contribution in [2.24, 2.45) is 0 Å². The highest BCUT2D eigenvalue weighted by atomic mass is 79.9. The number of aromatic nitrogens is 2. The number of nitrogens with zero attached hydrogens (tertiary/aromatic N) is 2. The summed E-state index contributed by atoms with van der Waals surface area (Å²) in [6, 6.07) is 6.74. The van der Waals surface area contributed by atoms with Crippen LogP contribution in [0.2, 0.25) is 0 Å². The van der Waals surface area contributed by atoms with E-state index in [1.54, 1.807) is 0 Å². The normalized spacial score (nSPS) is 20.0. The Bertz CT molecular complexity index is 557. The predicted octanol–water partition coefficient (Wildman–Crippen LogP) is 3.13. The summed E-state index contributed by atoms with van der Waals surface area (Å²) in [5.41, 5.74) is 3.38. The Labute approximate surface area is 109 Å². The molecule has 1 aliphatic heterocycles. The van der Waals surface area contributed by atoms with Gasteiger partial charge in [0.1, 0.15) is 0 Å². The van der Waals surface area contributed by atoms with Crippen LogP contribution in [0.25, 0.3) is 10.9 Å². The number of fused-ring (bicyclic) bond motifs is 1. The third-order valence-electron chi connectivity index (χ3n) is 3.24. The van der Waals surface area contributed by atoms with Crippen LogP contribution in [0.1, 0.15) is 30.1 Å². The molecule has 1 aliphatic rings. The molecule has 17 heavy (non-hydrogen) atoms. The summed E-state index contributed by atoms with van der Waals surface area (Å²) in [7, 11) is 0. The van der Waals surface area contributed by atoms with E-state index in [4.69, 9.17) is 0 Å². The lowest BCUT2D eigenvalue weighted by Gasteiger charge is -2.13. The van der Waals surface area contributed by atoms with Gasteiger partial charge in [-0.1, -0.05) is 12.1 Å². The molecule has 0 saturated carbocycles. The Balaban J connectivity index is 2.21. The van der Waals surface area contributed by atoms with Crippen LogP contribution in [-0.4, -0.2) is 16.5 Å². The van der Waals surface area contributed by atoms with Crippen LogP contribution in [0.15, 0.2) is 22.9 Å². The average Bonchev–Trinajstić information content (AvgIpc) is 2.80. The van der Waals surface area contributed by atoms with Crippen LogP contribution in [0.4, 0.5) is 0 Å². The van der Waals surface area contributed by atoms with Gasteiger partial charge in [0.05, 0.1) is 17.3 Å². The van der Waals surface area contributed by atoms with E-state index in [0.717, 1.165) is 24.2 Å².